The van der Waals surface area contributed by atoms with Crippen molar-refractivity contribution in [2.75, 3.05) is 37.0 Å². The van der Waals surface area contributed by atoms with E-state index in [4.69, 9.17) is 15.2 Å². The molecule has 0 spiro atoms. The van der Waals surface area contributed by atoms with Crippen LogP contribution in [0.4, 0.5) is 11.4 Å². The minimum atomic E-state index is -0.459. The summed E-state index contributed by atoms with van der Waals surface area (Å²) >= 11 is 0. The van der Waals surface area contributed by atoms with Crippen LogP contribution in [0.1, 0.15) is 76.1 Å². The molecule has 1 amide bonds. The number of hydrogen-bond donors (Lipinski definition) is 1. The van der Waals surface area contributed by atoms with Gasteiger partial charge in [0, 0.05) is 18.8 Å². The fourth-order valence-electron chi connectivity index (χ4n) is 2.98. The molecule has 1 aromatic rings. The second-order valence-corrected chi connectivity index (χ2v) is 6.86. The van der Waals surface area contributed by atoms with Crippen molar-refractivity contribution in [3.63, 3.8) is 0 Å². The molecule has 0 fully saturated rings. The third-order valence-corrected chi connectivity index (χ3v) is 4.42. The molecule has 1 aromatic carbocycles. The molecule has 6 heteroatoms. The van der Waals surface area contributed by atoms with Crippen molar-refractivity contribution in [2.24, 2.45) is 0 Å². The maximum Gasteiger partial charge on any atom is 0.340 e. The Morgan fingerprint density at radius 2 is 1.71 bits per heavy atom. The van der Waals surface area contributed by atoms with Crippen molar-refractivity contribution in [2.45, 2.75) is 65.7 Å². The standard InChI is InChI=1S/C22H36N2O4/c1-4-7-8-9-10-11-15-27-17-21(25)24(14-5-2)20-16-18(23)12-13-19(20)22(26)28-6-3/h12-13,16H,4-11,14-15,17,23H2,1-3H3. The zero-order chi connectivity index (χ0) is 20.8. The zero-order valence-electron chi connectivity index (χ0n) is 17.7. The molecule has 0 aliphatic heterocycles. The summed E-state index contributed by atoms with van der Waals surface area (Å²) in [6.07, 6.45) is 7.79. The number of nitrogens with zero attached hydrogens (tertiary/aromatic N) is 1. The number of carbonyl (C=O) groups is 2. The van der Waals surface area contributed by atoms with Gasteiger partial charge in [-0.05, 0) is 38.0 Å². The van der Waals surface area contributed by atoms with Gasteiger partial charge in [0.1, 0.15) is 6.61 Å². The van der Waals surface area contributed by atoms with E-state index in [1.54, 1.807) is 30.0 Å². The quantitative estimate of drug-likeness (QED) is 0.285. The summed E-state index contributed by atoms with van der Waals surface area (Å²) in [6, 6.07) is 4.89. The Kier molecular flexibility index (Phi) is 12.0. The van der Waals surface area contributed by atoms with Gasteiger partial charge in [-0.25, -0.2) is 4.79 Å². The number of ether oxygens (including phenoxy) is 2. The maximum atomic E-state index is 12.8. The number of nitrogens with two attached hydrogens (primary N) is 1. The van der Waals surface area contributed by atoms with Crippen molar-refractivity contribution in [1.29, 1.82) is 0 Å². The smallest absolute Gasteiger partial charge is 0.340 e. The molecular weight excluding hydrogens is 356 g/mol. The average molecular weight is 393 g/mol. The Labute approximate surface area is 169 Å². The molecule has 0 bridgehead atoms. The van der Waals surface area contributed by atoms with Crippen LogP contribution in [-0.2, 0) is 14.3 Å². The molecule has 0 saturated carbocycles. The number of anilines is 2. The van der Waals surface area contributed by atoms with Gasteiger partial charge in [0.15, 0.2) is 0 Å². The Balaban J connectivity index is 2.70. The first kappa shape index (κ1) is 24.0. The first-order valence-corrected chi connectivity index (χ1v) is 10.5. The highest BCUT2D eigenvalue weighted by atomic mass is 16.5. The number of nitrogen functional groups attached to an aromatic ring is 1. The SMILES string of the molecule is CCCCCCCCOCC(=O)N(CCC)c1cc(N)ccc1C(=O)OCC. The minimum Gasteiger partial charge on any atom is -0.462 e. The van der Waals surface area contributed by atoms with Crippen molar-refractivity contribution >= 4 is 23.3 Å². The van der Waals surface area contributed by atoms with Crippen molar-refractivity contribution in [3.05, 3.63) is 23.8 Å². The van der Waals surface area contributed by atoms with Crippen molar-refractivity contribution in [3.8, 4) is 0 Å². The fraction of sp³-hybridized carbons (Fsp3) is 0.636. The largest absolute Gasteiger partial charge is 0.462 e. The van der Waals surface area contributed by atoms with Crippen LogP contribution in [0.25, 0.3) is 0 Å². The predicted molar refractivity (Wildman–Crippen MR) is 114 cm³/mol. The number of rotatable bonds is 14. The van der Waals surface area contributed by atoms with Crippen LogP contribution < -0.4 is 10.6 Å². The highest BCUT2D eigenvalue weighted by molar-refractivity contribution is 6.03. The van der Waals surface area contributed by atoms with Gasteiger partial charge < -0.3 is 20.1 Å². The van der Waals surface area contributed by atoms with E-state index in [1.807, 2.05) is 6.92 Å². The molecule has 0 saturated heterocycles. The van der Waals surface area contributed by atoms with E-state index < -0.39 is 5.97 Å². The molecule has 2 N–H and O–H groups in total. The average Bonchev–Trinajstić information content (AvgIpc) is 2.68. The molecule has 0 atom stereocenters. The number of hydrogen-bond acceptors (Lipinski definition) is 5. The van der Waals surface area contributed by atoms with Gasteiger partial charge in [-0.1, -0.05) is 46.0 Å². The summed E-state index contributed by atoms with van der Waals surface area (Å²) in [4.78, 5) is 26.6. The lowest BCUT2D eigenvalue weighted by Gasteiger charge is -2.24. The third kappa shape index (κ3) is 8.30. The zero-order valence-corrected chi connectivity index (χ0v) is 17.7. The molecule has 1 rings (SSSR count). The highest BCUT2D eigenvalue weighted by Gasteiger charge is 2.22. The first-order valence-electron chi connectivity index (χ1n) is 10.5. The number of benzene rings is 1. The number of amides is 1. The summed E-state index contributed by atoms with van der Waals surface area (Å²) in [5.41, 5.74) is 7.22. The normalized spacial score (nSPS) is 10.7. The number of unbranched alkanes of at least 4 members (excludes halogenated alkanes) is 5. The predicted octanol–water partition coefficient (Wildman–Crippen LogP) is 4.57. The number of carbonyl (C=O) groups excluding carboxylic acids is 2. The summed E-state index contributed by atoms with van der Waals surface area (Å²) in [7, 11) is 0. The van der Waals surface area contributed by atoms with Crippen molar-refractivity contribution < 1.29 is 19.1 Å². The van der Waals surface area contributed by atoms with E-state index in [0.717, 1.165) is 19.3 Å². The van der Waals surface area contributed by atoms with E-state index >= 15 is 0 Å². The first-order chi connectivity index (χ1) is 13.5. The summed E-state index contributed by atoms with van der Waals surface area (Å²) in [6.45, 7) is 7.24. The molecule has 158 valence electrons. The van der Waals surface area contributed by atoms with Crippen LogP contribution in [0.5, 0.6) is 0 Å². The molecule has 0 aliphatic rings. The lowest BCUT2D eigenvalue weighted by Crippen LogP contribution is -2.36. The van der Waals surface area contributed by atoms with E-state index in [-0.39, 0.29) is 19.1 Å². The molecular formula is C22H36N2O4. The van der Waals surface area contributed by atoms with Crippen molar-refractivity contribution in [1.82, 2.24) is 0 Å². The van der Waals surface area contributed by atoms with Crippen LogP contribution in [0.3, 0.4) is 0 Å². The molecule has 0 aliphatic carbocycles. The van der Waals surface area contributed by atoms with Gasteiger partial charge in [0.25, 0.3) is 5.91 Å². The van der Waals surface area contributed by atoms with E-state index in [0.29, 0.717) is 30.1 Å². The van der Waals surface area contributed by atoms with E-state index in [2.05, 4.69) is 6.92 Å². The van der Waals surface area contributed by atoms with Gasteiger partial charge in [-0.3, -0.25) is 4.79 Å². The Morgan fingerprint density at radius 1 is 1.00 bits per heavy atom. The highest BCUT2D eigenvalue weighted by Crippen LogP contribution is 2.25. The van der Waals surface area contributed by atoms with E-state index in [1.165, 1.54) is 25.7 Å². The second kappa shape index (κ2) is 14.0. The third-order valence-electron chi connectivity index (χ3n) is 4.42. The second-order valence-electron chi connectivity index (χ2n) is 6.86. The van der Waals surface area contributed by atoms with Crippen LogP contribution in [0.15, 0.2) is 18.2 Å². The van der Waals surface area contributed by atoms with Gasteiger partial charge in [0.2, 0.25) is 0 Å². The van der Waals surface area contributed by atoms with Gasteiger partial charge >= 0.3 is 5.97 Å². The molecule has 0 heterocycles. The van der Waals surface area contributed by atoms with Gasteiger partial charge in [0.05, 0.1) is 17.9 Å². The number of esters is 1. The van der Waals surface area contributed by atoms with Crippen LogP contribution in [0.2, 0.25) is 0 Å². The molecule has 0 unspecified atom stereocenters. The van der Waals surface area contributed by atoms with Crippen LogP contribution in [0, 0.1) is 0 Å². The Morgan fingerprint density at radius 3 is 2.39 bits per heavy atom. The molecule has 0 radical (unpaired) electrons. The fourth-order valence-corrected chi connectivity index (χ4v) is 2.98. The Bertz CT molecular complexity index is 604. The summed E-state index contributed by atoms with van der Waals surface area (Å²) in [5.74, 6) is -0.636. The van der Waals surface area contributed by atoms with Crippen LogP contribution in [-0.4, -0.2) is 38.2 Å². The molecule has 28 heavy (non-hydrogen) atoms. The molecule has 6 nitrogen and oxygen atoms in total. The summed E-state index contributed by atoms with van der Waals surface area (Å²) < 4.78 is 10.7. The van der Waals surface area contributed by atoms with Gasteiger partial charge in [-0.2, -0.15) is 0 Å². The van der Waals surface area contributed by atoms with Crippen LogP contribution >= 0.6 is 0 Å². The Hall–Kier alpha value is -2.08. The maximum absolute atomic E-state index is 12.8. The lowest BCUT2D eigenvalue weighted by atomic mass is 10.1. The monoisotopic (exact) mass is 392 g/mol. The molecule has 0 aromatic heterocycles. The summed E-state index contributed by atoms with van der Waals surface area (Å²) in [5, 5.41) is 0. The topological polar surface area (TPSA) is 81.9 Å². The van der Waals surface area contributed by atoms with E-state index in [9.17, 15) is 9.59 Å². The lowest BCUT2D eigenvalue weighted by molar-refractivity contribution is -0.123. The minimum absolute atomic E-state index is 0.00791. The van der Waals surface area contributed by atoms with Gasteiger partial charge in [-0.15, -0.1) is 0 Å².